The van der Waals surface area contributed by atoms with Gasteiger partial charge in [0.2, 0.25) is 0 Å². The summed E-state index contributed by atoms with van der Waals surface area (Å²) < 4.78 is 5.39. The third-order valence-corrected chi connectivity index (χ3v) is 5.10. The molecule has 1 amide bonds. The molecule has 0 aliphatic carbocycles. The molecule has 1 saturated heterocycles. The van der Waals surface area contributed by atoms with Crippen LogP contribution in [0.25, 0.3) is 0 Å². The Morgan fingerprint density at radius 3 is 2.32 bits per heavy atom. The van der Waals surface area contributed by atoms with E-state index in [4.69, 9.17) is 4.74 Å². The number of phenolic OH excluding ortho intramolecular Hbond substituents is 2. The number of morpholine rings is 1. The van der Waals surface area contributed by atoms with Crippen LogP contribution in [0.15, 0.2) is 36.4 Å². The molecule has 6 nitrogen and oxygen atoms in total. The number of nitrogens with zero attached hydrogens (tertiary/aromatic N) is 2. The minimum atomic E-state index is -0.291. The van der Waals surface area contributed by atoms with Crippen molar-refractivity contribution in [3.63, 3.8) is 0 Å². The van der Waals surface area contributed by atoms with Crippen molar-refractivity contribution in [1.82, 2.24) is 0 Å². The van der Waals surface area contributed by atoms with Crippen LogP contribution < -0.4 is 9.80 Å². The van der Waals surface area contributed by atoms with Gasteiger partial charge in [-0.05, 0) is 48.7 Å². The van der Waals surface area contributed by atoms with Crippen molar-refractivity contribution in [3.05, 3.63) is 47.5 Å². The number of carbonyl (C=O) groups excluding carboxylic acids is 1. The van der Waals surface area contributed by atoms with E-state index < -0.39 is 0 Å². The van der Waals surface area contributed by atoms with Gasteiger partial charge in [0.15, 0.2) is 0 Å². The third kappa shape index (κ3) is 4.07. The minimum absolute atomic E-state index is 0.00182. The topological polar surface area (TPSA) is 73.2 Å². The molecule has 28 heavy (non-hydrogen) atoms. The maximum absolute atomic E-state index is 13.1. The Kier molecular flexibility index (Phi) is 6.09. The molecule has 0 unspecified atom stereocenters. The van der Waals surface area contributed by atoms with E-state index in [1.807, 2.05) is 45.0 Å². The summed E-state index contributed by atoms with van der Waals surface area (Å²) in [4.78, 5) is 17.0. The number of benzene rings is 2. The van der Waals surface area contributed by atoms with Crippen LogP contribution >= 0.6 is 0 Å². The predicted octanol–water partition coefficient (Wildman–Crippen LogP) is 3.72. The van der Waals surface area contributed by atoms with Crippen molar-refractivity contribution in [1.29, 1.82) is 0 Å². The molecule has 2 aromatic rings. The lowest BCUT2D eigenvalue weighted by molar-refractivity contribution is 0.0985. The van der Waals surface area contributed by atoms with E-state index in [9.17, 15) is 15.0 Å². The van der Waals surface area contributed by atoms with Crippen LogP contribution in [-0.2, 0) is 4.74 Å². The van der Waals surface area contributed by atoms with Gasteiger partial charge in [0.1, 0.15) is 11.5 Å². The van der Waals surface area contributed by atoms with E-state index >= 15 is 0 Å². The zero-order valence-electron chi connectivity index (χ0n) is 16.7. The normalized spacial score (nSPS) is 14.4. The van der Waals surface area contributed by atoms with E-state index in [2.05, 4.69) is 4.90 Å². The quantitative estimate of drug-likeness (QED) is 0.822. The van der Waals surface area contributed by atoms with Gasteiger partial charge in [-0.1, -0.05) is 13.8 Å². The molecular weight excluding hydrogens is 356 g/mol. The van der Waals surface area contributed by atoms with Crippen LogP contribution in [0.3, 0.4) is 0 Å². The maximum atomic E-state index is 13.1. The first-order valence-electron chi connectivity index (χ1n) is 9.72. The second-order valence-electron chi connectivity index (χ2n) is 7.25. The summed E-state index contributed by atoms with van der Waals surface area (Å²) in [5.41, 5.74) is 2.70. The Balaban J connectivity index is 1.87. The van der Waals surface area contributed by atoms with Crippen LogP contribution in [-0.4, -0.2) is 49.0 Å². The van der Waals surface area contributed by atoms with Crippen molar-refractivity contribution in [2.75, 3.05) is 42.6 Å². The lowest BCUT2D eigenvalue weighted by atomic mass is 9.98. The van der Waals surface area contributed by atoms with Gasteiger partial charge in [0.05, 0.1) is 18.8 Å². The fourth-order valence-corrected chi connectivity index (χ4v) is 3.48. The molecule has 0 saturated carbocycles. The molecule has 150 valence electrons. The average Bonchev–Trinajstić information content (AvgIpc) is 2.69. The number of rotatable bonds is 5. The molecule has 0 spiro atoms. The Morgan fingerprint density at radius 2 is 1.75 bits per heavy atom. The van der Waals surface area contributed by atoms with Gasteiger partial charge in [0.25, 0.3) is 5.91 Å². The summed E-state index contributed by atoms with van der Waals surface area (Å²) in [6.45, 7) is 9.38. The lowest BCUT2D eigenvalue weighted by Gasteiger charge is -2.29. The number of aromatic hydroxyl groups is 2. The molecule has 1 heterocycles. The Morgan fingerprint density at radius 1 is 1.11 bits per heavy atom. The first-order chi connectivity index (χ1) is 13.4. The largest absolute Gasteiger partial charge is 0.508 e. The van der Waals surface area contributed by atoms with Crippen LogP contribution in [0.4, 0.5) is 11.4 Å². The molecule has 0 aromatic heterocycles. The second kappa shape index (κ2) is 8.52. The highest BCUT2D eigenvalue weighted by molar-refractivity contribution is 6.08. The van der Waals surface area contributed by atoms with Gasteiger partial charge in [-0.25, -0.2) is 0 Å². The van der Waals surface area contributed by atoms with Crippen LogP contribution in [0.5, 0.6) is 11.5 Å². The standard InChI is InChI=1S/C22H28N2O4/c1-4-24(17-7-5-16(6-8-17)23-9-11-28-12-10-23)22(27)19-13-18(15(2)3)20(25)14-21(19)26/h5-8,13-15,25-26H,4,9-12H2,1-3H3. The monoisotopic (exact) mass is 384 g/mol. The average molecular weight is 384 g/mol. The molecule has 2 N–H and O–H groups in total. The Bertz CT molecular complexity index is 827. The van der Waals surface area contributed by atoms with E-state index in [1.165, 1.54) is 6.07 Å². The molecule has 3 rings (SSSR count). The van der Waals surface area contributed by atoms with Crippen LogP contribution in [0.2, 0.25) is 0 Å². The van der Waals surface area contributed by atoms with E-state index in [0.717, 1.165) is 37.7 Å². The summed E-state index contributed by atoms with van der Waals surface area (Å²) in [7, 11) is 0. The highest BCUT2D eigenvalue weighted by Gasteiger charge is 2.22. The summed E-state index contributed by atoms with van der Waals surface area (Å²) in [6.07, 6.45) is 0. The highest BCUT2D eigenvalue weighted by Crippen LogP contribution is 2.33. The van der Waals surface area contributed by atoms with Crippen molar-refractivity contribution in [2.45, 2.75) is 26.7 Å². The summed E-state index contributed by atoms with van der Waals surface area (Å²) in [5, 5.41) is 20.3. The molecule has 2 aromatic carbocycles. The van der Waals surface area contributed by atoms with Gasteiger partial charge in [0, 0.05) is 37.1 Å². The van der Waals surface area contributed by atoms with Gasteiger partial charge in [-0.2, -0.15) is 0 Å². The highest BCUT2D eigenvalue weighted by atomic mass is 16.5. The van der Waals surface area contributed by atoms with Gasteiger partial charge >= 0.3 is 0 Å². The van der Waals surface area contributed by atoms with Crippen molar-refractivity contribution in [3.8, 4) is 11.5 Å². The van der Waals surface area contributed by atoms with E-state index in [-0.39, 0.29) is 28.9 Å². The Hall–Kier alpha value is -2.73. The SMILES string of the molecule is CCN(C(=O)c1cc(C(C)C)c(O)cc1O)c1ccc(N2CCOCC2)cc1. The van der Waals surface area contributed by atoms with Crippen molar-refractivity contribution in [2.24, 2.45) is 0 Å². The molecule has 1 aliphatic rings. The van der Waals surface area contributed by atoms with Gasteiger partial charge < -0.3 is 24.7 Å². The maximum Gasteiger partial charge on any atom is 0.262 e. The minimum Gasteiger partial charge on any atom is -0.508 e. The Labute approximate surface area is 166 Å². The van der Waals surface area contributed by atoms with Crippen LogP contribution in [0.1, 0.15) is 42.6 Å². The number of anilines is 2. The van der Waals surface area contributed by atoms with E-state index in [0.29, 0.717) is 12.1 Å². The summed E-state index contributed by atoms with van der Waals surface area (Å²) in [5.74, 6) is -0.465. The van der Waals surface area contributed by atoms with Crippen LogP contribution in [0, 0.1) is 0 Å². The number of amides is 1. The molecule has 0 radical (unpaired) electrons. The second-order valence-corrected chi connectivity index (χ2v) is 7.25. The van der Waals surface area contributed by atoms with Crippen molar-refractivity contribution >= 4 is 17.3 Å². The lowest BCUT2D eigenvalue weighted by Crippen LogP contribution is -2.36. The number of carbonyl (C=O) groups is 1. The number of ether oxygens (including phenoxy) is 1. The smallest absolute Gasteiger partial charge is 0.262 e. The fourth-order valence-electron chi connectivity index (χ4n) is 3.48. The third-order valence-electron chi connectivity index (χ3n) is 5.10. The molecule has 1 aliphatic heterocycles. The number of phenols is 2. The fraction of sp³-hybridized carbons (Fsp3) is 0.409. The molecular formula is C22H28N2O4. The van der Waals surface area contributed by atoms with Gasteiger partial charge in [-0.15, -0.1) is 0 Å². The molecule has 1 fully saturated rings. The predicted molar refractivity (Wildman–Crippen MR) is 111 cm³/mol. The zero-order valence-corrected chi connectivity index (χ0v) is 16.7. The van der Waals surface area contributed by atoms with Crippen molar-refractivity contribution < 1.29 is 19.7 Å². The molecule has 6 heteroatoms. The molecule has 0 atom stereocenters. The zero-order chi connectivity index (χ0) is 20.3. The number of hydrogen-bond donors (Lipinski definition) is 2. The molecule has 0 bridgehead atoms. The first-order valence-corrected chi connectivity index (χ1v) is 9.72. The van der Waals surface area contributed by atoms with Gasteiger partial charge in [-0.3, -0.25) is 4.79 Å². The summed E-state index contributed by atoms with van der Waals surface area (Å²) >= 11 is 0. The summed E-state index contributed by atoms with van der Waals surface area (Å²) in [6, 6.07) is 10.7. The first kappa shape index (κ1) is 20.0. The van der Waals surface area contributed by atoms with E-state index in [1.54, 1.807) is 11.0 Å². The number of hydrogen-bond acceptors (Lipinski definition) is 5.